The number of benzene rings is 1. The number of halogens is 1. The molecule has 6 nitrogen and oxygen atoms in total. The number of amidine groups is 1. The number of nitrogens with zero attached hydrogens (tertiary/aromatic N) is 4. The summed E-state index contributed by atoms with van der Waals surface area (Å²) in [4.78, 5) is 13.2. The zero-order valence-electron chi connectivity index (χ0n) is 16.4. The lowest BCUT2D eigenvalue weighted by atomic mass is 10.2. The summed E-state index contributed by atoms with van der Waals surface area (Å²) in [6.07, 6.45) is 4.24. The number of aromatic nitrogens is 1. The molecule has 0 spiro atoms. The number of hydrogen-bond donors (Lipinski definition) is 2. The van der Waals surface area contributed by atoms with Gasteiger partial charge in [0.1, 0.15) is 11.7 Å². The van der Waals surface area contributed by atoms with Crippen LogP contribution in [0.5, 0.6) is 0 Å². The largest absolute Gasteiger partial charge is 0.329 e. The maximum Gasteiger partial charge on any atom is 0.224 e. The van der Waals surface area contributed by atoms with Gasteiger partial charge in [0.05, 0.1) is 12.8 Å². The molecular weight excluding hydrogens is 355 g/mol. The van der Waals surface area contributed by atoms with Gasteiger partial charge in [-0.3, -0.25) is 10.4 Å². The molecule has 0 radical (unpaired) electrons. The van der Waals surface area contributed by atoms with Gasteiger partial charge >= 0.3 is 0 Å². The Hall–Kier alpha value is -3.35. The zero-order valence-corrected chi connectivity index (χ0v) is 16.4. The Balaban J connectivity index is 2.04. The smallest absolute Gasteiger partial charge is 0.224 e. The molecule has 0 atom stereocenters. The Kier molecular flexibility index (Phi) is 8.02. The highest BCUT2D eigenvalue weighted by molar-refractivity contribution is 5.95. The van der Waals surface area contributed by atoms with Crippen molar-refractivity contribution in [1.82, 2.24) is 15.7 Å². The van der Waals surface area contributed by atoms with E-state index < -0.39 is 0 Å². The molecule has 0 bridgehead atoms. The molecule has 2 rings (SSSR count). The zero-order chi connectivity index (χ0) is 20.4. The second-order valence-electron chi connectivity index (χ2n) is 6.18. The molecule has 0 aliphatic rings. The first kappa shape index (κ1) is 21.0. The van der Waals surface area contributed by atoms with Gasteiger partial charge in [0.25, 0.3) is 0 Å². The van der Waals surface area contributed by atoms with Gasteiger partial charge in [-0.25, -0.2) is 9.38 Å². The second-order valence-corrected chi connectivity index (χ2v) is 6.18. The fraction of sp³-hybridized carbons (Fsp3) is 0.238. The highest BCUT2D eigenvalue weighted by atomic mass is 19.1. The number of guanidine groups is 1. The predicted octanol–water partition coefficient (Wildman–Crippen LogP) is 3.80. The predicted molar refractivity (Wildman–Crippen MR) is 113 cm³/mol. The van der Waals surface area contributed by atoms with Crippen LogP contribution in [0.3, 0.4) is 0 Å². The van der Waals surface area contributed by atoms with E-state index in [0.717, 1.165) is 23.4 Å². The quantitative estimate of drug-likeness (QED) is 0.455. The van der Waals surface area contributed by atoms with E-state index in [9.17, 15) is 4.39 Å². The second kappa shape index (κ2) is 10.7. The van der Waals surface area contributed by atoms with Gasteiger partial charge in [-0.15, -0.1) is 0 Å². The number of allylic oxidation sites excluding steroid dienone is 1. The van der Waals surface area contributed by atoms with Crippen LogP contribution in [0.25, 0.3) is 0 Å². The minimum absolute atomic E-state index is 0.309. The van der Waals surface area contributed by atoms with E-state index in [0.29, 0.717) is 23.9 Å². The van der Waals surface area contributed by atoms with Crippen LogP contribution < -0.4 is 10.7 Å². The molecule has 0 amide bonds. The molecule has 0 fully saturated rings. The first-order chi connectivity index (χ1) is 13.5. The Morgan fingerprint density at radius 3 is 2.71 bits per heavy atom. The van der Waals surface area contributed by atoms with Crippen molar-refractivity contribution in [1.29, 1.82) is 0 Å². The Labute approximate surface area is 165 Å². The van der Waals surface area contributed by atoms with Crippen LogP contribution in [0.4, 0.5) is 4.39 Å². The number of aryl methyl sites for hydroxylation is 1. The number of hydrazone groups is 1. The van der Waals surface area contributed by atoms with Crippen molar-refractivity contribution in [2.75, 3.05) is 0 Å². The molecule has 0 unspecified atom stereocenters. The minimum atomic E-state index is -0.309. The first-order valence-corrected chi connectivity index (χ1v) is 8.97. The molecular formula is C21H25FN6. The summed E-state index contributed by atoms with van der Waals surface area (Å²) in [6, 6.07) is 10.2. The number of pyridine rings is 1. The van der Waals surface area contributed by atoms with Gasteiger partial charge < -0.3 is 5.32 Å². The normalized spacial score (nSPS) is 12.3. The van der Waals surface area contributed by atoms with Crippen LogP contribution in [-0.4, -0.2) is 23.0 Å². The Bertz CT molecular complexity index is 884. The molecule has 7 heteroatoms. The molecule has 2 N–H and O–H groups in total. The maximum atomic E-state index is 13.2. The third-order valence-corrected chi connectivity index (χ3v) is 3.55. The molecule has 1 aromatic heterocycles. The first-order valence-electron chi connectivity index (χ1n) is 8.97. The van der Waals surface area contributed by atoms with Crippen molar-refractivity contribution >= 4 is 18.0 Å². The average molecular weight is 380 g/mol. The molecule has 2 aromatic rings. The summed E-state index contributed by atoms with van der Waals surface area (Å²) < 4.78 is 13.2. The summed E-state index contributed by atoms with van der Waals surface area (Å²) in [5, 5.41) is 7.09. The molecule has 0 saturated heterocycles. The highest BCUT2D eigenvalue weighted by Crippen LogP contribution is 2.03. The van der Waals surface area contributed by atoms with E-state index in [-0.39, 0.29) is 5.82 Å². The standard InChI is InChI=1S/C21H25FN6/c1-5-20-10-9-18(12-23-20)13-24-21(26-15(2)3)27-16(4)28-25-14-17-7-6-8-19(22)11-17/h6-12,14H,2,5,13H2,1,3-4H3,(H2,24,26,27,28)/b25-14+. The van der Waals surface area contributed by atoms with Crippen LogP contribution in [0.2, 0.25) is 0 Å². The molecule has 1 heterocycles. The number of nitrogens with one attached hydrogen (secondary N) is 2. The lowest BCUT2D eigenvalue weighted by molar-refractivity contribution is 0.627. The summed E-state index contributed by atoms with van der Waals surface area (Å²) in [6.45, 7) is 9.92. The van der Waals surface area contributed by atoms with Crippen molar-refractivity contribution in [3.05, 3.63) is 77.5 Å². The molecule has 0 saturated carbocycles. The van der Waals surface area contributed by atoms with Crippen LogP contribution in [0.15, 0.2) is 70.0 Å². The summed E-state index contributed by atoms with van der Waals surface area (Å²) in [5.41, 5.74) is 6.21. The lowest BCUT2D eigenvalue weighted by Gasteiger charge is -2.07. The number of hydrogen-bond acceptors (Lipinski definition) is 3. The van der Waals surface area contributed by atoms with Crippen molar-refractivity contribution in [2.45, 2.75) is 33.7 Å². The van der Waals surface area contributed by atoms with Gasteiger partial charge in [-0.05, 0) is 49.6 Å². The van der Waals surface area contributed by atoms with Gasteiger partial charge in [0.15, 0.2) is 0 Å². The van der Waals surface area contributed by atoms with Crippen molar-refractivity contribution in [2.24, 2.45) is 15.1 Å². The van der Waals surface area contributed by atoms with Crippen LogP contribution in [0.1, 0.15) is 37.6 Å². The van der Waals surface area contributed by atoms with Crippen molar-refractivity contribution < 1.29 is 4.39 Å². The third-order valence-electron chi connectivity index (χ3n) is 3.55. The van der Waals surface area contributed by atoms with Gasteiger partial charge in [0, 0.05) is 17.6 Å². The van der Waals surface area contributed by atoms with E-state index in [2.05, 4.69) is 44.3 Å². The van der Waals surface area contributed by atoms with Gasteiger partial charge in [-0.1, -0.05) is 31.7 Å². The van der Waals surface area contributed by atoms with E-state index >= 15 is 0 Å². The summed E-state index contributed by atoms with van der Waals surface area (Å²) in [7, 11) is 0. The third kappa shape index (κ3) is 7.49. The molecule has 1 aromatic carbocycles. The summed E-state index contributed by atoms with van der Waals surface area (Å²) in [5.74, 6) is 0.633. The molecule has 28 heavy (non-hydrogen) atoms. The monoisotopic (exact) mass is 380 g/mol. The fourth-order valence-corrected chi connectivity index (χ4v) is 2.19. The molecule has 0 aliphatic heterocycles. The maximum absolute atomic E-state index is 13.2. The van der Waals surface area contributed by atoms with Crippen LogP contribution >= 0.6 is 0 Å². The minimum Gasteiger partial charge on any atom is -0.329 e. The Morgan fingerprint density at radius 2 is 2.07 bits per heavy atom. The Morgan fingerprint density at radius 1 is 1.25 bits per heavy atom. The van der Waals surface area contributed by atoms with Crippen LogP contribution in [0, 0.1) is 5.82 Å². The van der Waals surface area contributed by atoms with E-state index in [1.165, 1.54) is 18.3 Å². The van der Waals surface area contributed by atoms with Gasteiger partial charge in [0.2, 0.25) is 5.96 Å². The van der Waals surface area contributed by atoms with E-state index in [4.69, 9.17) is 0 Å². The topological polar surface area (TPSA) is 74.0 Å². The summed E-state index contributed by atoms with van der Waals surface area (Å²) >= 11 is 0. The fourth-order valence-electron chi connectivity index (χ4n) is 2.19. The highest BCUT2D eigenvalue weighted by Gasteiger charge is 2.00. The van der Waals surface area contributed by atoms with Gasteiger partial charge in [-0.2, -0.15) is 10.1 Å². The number of aliphatic imine (C=N–C) groups is 2. The SMILES string of the molecule is C=C(C)NC(=NCc1ccc(CC)nc1)/N=C(\C)N/N=C/c1cccc(F)c1. The molecule has 146 valence electrons. The van der Waals surface area contributed by atoms with E-state index in [1.807, 2.05) is 25.3 Å². The van der Waals surface area contributed by atoms with Crippen LogP contribution in [-0.2, 0) is 13.0 Å². The van der Waals surface area contributed by atoms with Crippen molar-refractivity contribution in [3.8, 4) is 0 Å². The van der Waals surface area contributed by atoms with Crippen molar-refractivity contribution in [3.63, 3.8) is 0 Å². The molecule has 0 aliphatic carbocycles. The lowest BCUT2D eigenvalue weighted by Crippen LogP contribution is -2.24. The van der Waals surface area contributed by atoms with E-state index in [1.54, 1.807) is 19.1 Å². The number of rotatable bonds is 6. The average Bonchev–Trinajstić information content (AvgIpc) is 2.66.